The SMILES string of the molecule is CCOC(=O)c1ccc(C=CCCSC(C)=O)cc1. The molecular formula is C15H18O3S. The van der Waals surface area contributed by atoms with Crippen molar-refractivity contribution in [1.29, 1.82) is 0 Å². The van der Waals surface area contributed by atoms with E-state index < -0.39 is 0 Å². The zero-order valence-electron chi connectivity index (χ0n) is 11.2. The van der Waals surface area contributed by atoms with Crippen molar-refractivity contribution in [2.45, 2.75) is 20.3 Å². The Morgan fingerprint density at radius 2 is 1.95 bits per heavy atom. The zero-order chi connectivity index (χ0) is 14.1. The smallest absolute Gasteiger partial charge is 0.338 e. The van der Waals surface area contributed by atoms with Crippen LogP contribution in [0.15, 0.2) is 30.3 Å². The maximum absolute atomic E-state index is 11.4. The highest BCUT2D eigenvalue weighted by Crippen LogP contribution is 2.09. The minimum Gasteiger partial charge on any atom is -0.462 e. The second-order valence-corrected chi connectivity index (χ2v) is 5.15. The van der Waals surface area contributed by atoms with E-state index in [9.17, 15) is 9.59 Å². The number of thioether (sulfide) groups is 1. The number of benzene rings is 1. The van der Waals surface area contributed by atoms with Gasteiger partial charge < -0.3 is 4.74 Å². The van der Waals surface area contributed by atoms with Crippen LogP contribution in [0, 0.1) is 0 Å². The van der Waals surface area contributed by atoms with E-state index in [1.807, 2.05) is 24.3 Å². The number of ether oxygens (including phenoxy) is 1. The van der Waals surface area contributed by atoms with Crippen LogP contribution >= 0.6 is 11.8 Å². The Morgan fingerprint density at radius 1 is 1.26 bits per heavy atom. The molecule has 102 valence electrons. The molecule has 0 amide bonds. The van der Waals surface area contributed by atoms with Crippen molar-refractivity contribution < 1.29 is 14.3 Å². The van der Waals surface area contributed by atoms with Crippen LogP contribution in [0.1, 0.15) is 36.2 Å². The average Bonchev–Trinajstić information content (AvgIpc) is 2.39. The standard InChI is InChI=1S/C15H18O3S/c1-3-18-15(17)14-9-7-13(8-10-14)6-4-5-11-19-12(2)16/h4,6-10H,3,5,11H2,1-2H3. The molecule has 0 aliphatic heterocycles. The van der Waals surface area contributed by atoms with E-state index in [2.05, 4.69) is 0 Å². The molecule has 0 unspecified atom stereocenters. The summed E-state index contributed by atoms with van der Waals surface area (Å²) < 4.78 is 4.91. The first-order valence-corrected chi connectivity index (χ1v) is 7.19. The van der Waals surface area contributed by atoms with Crippen LogP contribution in [0.25, 0.3) is 6.08 Å². The normalized spacial score (nSPS) is 10.6. The lowest BCUT2D eigenvalue weighted by molar-refractivity contribution is -0.109. The van der Waals surface area contributed by atoms with Gasteiger partial charge in [-0.05, 0) is 31.0 Å². The van der Waals surface area contributed by atoms with Gasteiger partial charge in [-0.15, -0.1) is 0 Å². The minimum atomic E-state index is -0.295. The molecule has 0 saturated carbocycles. The predicted molar refractivity (Wildman–Crippen MR) is 79.2 cm³/mol. The summed E-state index contributed by atoms with van der Waals surface area (Å²) in [6, 6.07) is 7.26. The third-order valence-electron chi connectivity index (χ3n) is 2.32. The summed E-state index contributed by atoms with van der Waals surface area (Å²) >= 11 is 1.33. The number of rotatable bonds is 6. The molecular weight excluding hydrogens is 260 g/mol. The van der Waals surface area contributed by atoms with E-state index in [1.54, 1.807) is 26.0 Å². The van der Waals surface area contributed by atoms with Crippen LogP contribution < -0.4 is 0 Å². The highest BCUT2D eigenvalue weighted by atomic mass is 32.2. The van der Waals surface area contributed by atoms with Gasteiger partial charge >= 0.3 is 5.97 Å². The molecule has 1 rings (SSSR count). The monoisotopic (exact) mass is 278 g/mol. The first-order chi connectivity index (χ1) is 9.13. The molecule has 1 aromatic rings. The van der Waals surface area contributed by atoms with Gasteiger partial charge in [0.05, 0.1) is 12.2 Å². The first-order valence-electron chi connectivity index (χ1n) is 6.20. The number of esters is 1. The summed E-state index contributed by atoms with van der Waals surface area (Å²) in [4.78, 5) is 22.2. The van der Waals surface area contributed by atoms with E-state index in [0.717, 1.165) is 17.7 Å². The topological polar surface area (TPSA) is 43.4 Å². The van der Waals surface area contributed by atoms with Crippen LogP contribution in [0.2, 0.25) is 0 Å². The molecule has 0 N–H and O–H groups in total. The Labute approximate surface area is 118 Å². The van der Waals surface area contributed by atoms with E-state index in [0.29, 0.717) is 12.2 Å². The van der Waals surface area contributed by atoms with Gasteiger partial charge in [0, 0.05) is 12.7 Å². The van der Waals surface area contributed by atoms with Crippen LogP contribution in [0.3, 0.4) is 0 Å². The van der Waals surface area contributed by atoms with Crippen molar-refractivity contribution in [1.82, 2.24) is 0 Å². The Hall–Kier alpha value is -1.55. The number of hydrogen-bond donors (Lipinski definition) is 0. The molecule has 4 heteroatoms. The largest absolute Gasteiger partial charge is 0.462 e. The molecule has 0 radical (unpaired) electrons. The van der Waals surface area contributed by atoms with Crippen molar-refractivity contribution in [2.75, 3.05) is 12.4 Å². The molecule has 0 atom stereocenters. The van der Waals surface area contributed by atoms with Crippen molar-refractivity contribution in [3.63, 3.8) is 0 Å². The fourth-order valence-corrected chi connectivity index (χ4v) is 1.98. The molecule has 0 bridgehead atoms. The summed E-state index contributed by atoms with van der Waals surface area (Å²) in [5, 5.41) is 0.146. The highest BCUT2D eigenvalue weighted by molar-refractivity contribution is 8.13. The molecule has 0 aliphatic rings. The lowest BCUT2D eigenvalue weighted by Gasteiger charge is -2.01. The summed E-state index contributed by atoms with van der Waals surface area (Å²) in [5.74, 6) is 0.503. The molecule has 3 nitrogen and oxygen atoms in total. The average molecular weight is 278 g/mol. The quantitative estimate of drug-likeness (QED) is 0.589. The maximum Gasteiger partial charge on any atom is 0.338 e. The number of carbonyl (C=O) groups excluding carboxylic acids is 2. The summed E-state index contributed by atoms with van der Waals surface area (Å²) in [6.07, 6.45) is 4.86. The molecule has 0 spiro atoms. The number of hydrogen-bond acceptors (Lipinski definition) is 4. The lowest BCUT2D eigenvalue weighted by Crippen LogP contribution is -2.03. The maximum atomic E-state index is 11.4. The van der Waals surface area contributed by atoms with Crippen LogP contribution in [0.5, 0.6) is 0 Å². The predicted octanol–water partition coefficient (Wildman–Crippen LogP) is 3.55. The van der Waals surface area contributed by atoms with Crippen LogP contribution in [0.4, 0.5) is 0 Å². The van der Waals surface area contributed by atoms with Crippen LogP contribution in [-0.4, -0.2) is 23.4 Å². The van der Waals surface area contributed by atoms with Gasteiger partial charge in [-0.25, -0.2) is 4.79 Å². The Balaban J connectivity index is 2.45. The van der Waals surface area contributed by atoms with E-state index in [1.165, 1.54) is 11.8 Å². The lowest BCUT2D eigenvalue weighted by atomic mass is 10.1. The molecule has 0 heterocycles. The van der Waals surface area contributed by atoms with Crippen molar-refractivity contribution >= 4 is 28.9 Å². The van der Waals surface area contributed by atoms with E-state index in [-0.39, 0.29) is 11.1 Å². The Bertz CT molecular complexity index is 449. The van der Waals surface area contributed by atoms with Crippen molar-refractivity contribution in [3.8, 4) is 0 Å². The van der Waals surface area contributed by atoms with Gasteiger partial charge in [0.15, 0.2) is 5.12 Å². The second kappa shape index (κ2) is 8.53. The second-order valence-electron chi connectivity index (χ2n) is 3.87. The fourth-order valence-electron chi connectivity index (χ4n) is 1.43. The minimum absolute atomic E-state index is 0.146. The molecule has 0 fully saturated rings. The van der Waals surface area contributed by atoms with Gasteiger partial charge in [0.2, 0.25) is 0 Å². The van der Waals surface area contributed by atoms with E-state index >= 15 is 0 Å². The highest BCUT2D eigenvalue weighted by Gasteiger charge is 2.04. The zero-order valence-corrected chi connectivity index (χ0v) is 12.0. The summed E-state index contributed by atoms with van der Waals surface area (Å²) in [6.45, 7) is 3.74. The van der Waals surface area contributed by atoms with Gasteiger partial charge in [-0.2, -0.15) is 0 Å². The van der Waals surface area contributed by atoms with Gasteiger partial charge in [0.1, 0.15) is 0 Å². The Kier molecular flexibility index (Phi) is 6.97. The number of carbonyl (C=O) groups is 2. The van der Waals surface area contributed by atoms with Crippen molar-refractivity contribution in [2.24, 2.45) is 0 Å². The fraction of sp³-hybridized carbons (Fsp3) is 0.333. The summed E-state index contributed by atoms with van der Waals surface area (Å²) in [7, 11) is 0. The van der Waals surface area contributed by atoms with Gasteiger partial charge in [-0.1, -0.05) is 36.0 Å². The number of allylic oxidation sites excluding steroid dienone is 1. The third-order valence-corrected chi connectivity index (χ3v) is 3.17. The molecule has 19 heavy (non-hydrogen) atoms. The molecule has 0 saturated heterocycles. The van der Waals surface area contributed by atoms with Crippen molar-refractivity contribution in [3.05, 3.63) is 41.5 Å². The van der Waals surface area contributed by atoms with E-state index in [4.69, 9.17) is 4.74 Å². The van der Waals surface area contributed by atoms with Gasteiger partial charge in [-0.3, -0.25) is 4.79 Å². The van der Waals surface area contributed by atoms with Gasteiger partial charge in [0.25, 0.3) is 0 Å². The first kappa shape index (κ1) is 15.5. The molecule has 0 aromatic heterocycles. The molecule has 1 aromatic carbocycles. The molecule has 0 aliphatic carbocycles. The third kappa shape index (κ3) is 6.25. The Morgan fingerprint density at radius 3 is 2.53 bits per heavy atom. The summed E-state index contributed by atoms with van der Waals surface area (Å²) in [5.41, 5.74) is 1.59. The van der Waals surface area contributed by atoms with Crippen LogP contribution in [-0.2, 0) is 9.53 Å².